The molecule has 0 atom stereocenters. The van der Waals surface area contributed by atoms with Crippen LogP contribution < -0.4 is 16.0 Å². The van der Waals surface area contributed by atoms with Crippen LogP contribution in [0.15, 0.2) is 53.7 Å². The van der Waals surface area contributed by atoms with Crippen LogP contribution in [0, 0.1) is 11.6 Å². The van der Waals surface area contributed by atoms with Crippen molar-refractivity contribution in [2.45, 2.75) is 30.8 Å². The van der Waals surface area contributed by atoms with E-state index in [1.165, 1.54) is 35.2 Å². The Hall–Kier alpha value is -5.09. The lowest BCUT2D eigenvalue weighted by atomic mass is 10.0. The largest absolute Gasteiger partial charge is 0.478 e. The maximum absolute atomic E-state index is 13.9. The highest BCUT2D eigenvalue weighted by Gasteiger charge is 2.48. The van der Waals surface area contributed by atoms with Crippen molar-refractivity contribution in [1.82, 2.24) is 19.1 Å². The van der Waals surface area contributed by atoms with E-state index in [4.69, 9.17) is 5.73 Å². The van der Waals surface area contributed by atoms with Crippen LogP contribution in [0.2, 0.25) is 0 Å². The number of hydrogen-bond acceptors (Lipinski definition) is 7. The summed E-state index contributed by atoms with van der Waals surface area (Å²) in [5.74, 6) is -5.02. The van der Waals surface area contributed by atoms with Gasteiger partial charge in [-0.3, -0.25) is 14.7 Å². The smallest absolute Gasteiger partial charge is 0.337 e. The predicted molar refractivity (Wildman–Crippen MR) is 154 cm³/mol. The lowest BCUT2D eigenvalue weighted by molar-refractivity contribution is 0.0696. The highest BCUT2D eigenvalue weighted by Crippen LogP contribution is 2.44. The van der Waals surface area contributed by atoms with Gasteiger partial charge in [-0.2, -0.15) is 9.40 Å². The number of benzene rings is 2. The maximum Gasteiger partial charge on any atom is 0.337 e. The predicted octanol–water partition coefficient (Wildman–Crippen LogP) is 3.03. The standard InChI is InChI=1S/C28H27F2N7O6S/c1-28(2)23-20(13-37(28)44(42,43)17-8-15(29)7-16(30)9-17)25(34-33-23)32-26(39)19-11-22(36-6-5-14(12-36)27(40)41)21(35(3)4)10-18(19)24(31)38/h5-12H,13H2,1-4H3,(H2,31,38)(H,40,41)(H2,32,33,34,39). The summed E-state index contributed by atoms with van der Waals surface area (Å²) in [7, 11) is -1.03. The minimum absolute atomic E-state index is 0.00475. The molecule has 0 radical (unpaired) electrons. The van der Waals surface area contributed by atoms with Crippen molar-refractivity contribution in [3.8, 4) is 5.69 Å². The van der Waals surface area contributed by atoms with E-state index >= 15 is 0 Å². The van der Waals surface area contributed by atoms with Gasteiger partial charge in [0.05, 0.1) is 44.2 Å². The first-order chi connectivity index (χ1) is 20.5. The molecule has 2 amide bonds. The zero-order valence-corrected chi connectivity index (χ0v) is 24.7. The van der Waals surface area contributed by atoms with Crippen LogP contribution in [0.25, 0.3) is 5.69 Å². The number of aromatic nitrogens is 3. The molecular weight excluding hydrogens is 600 g/mol. The van der Waals surface area contributed by atoms with Gasteiger partial charge in [0.1, 0.15) is 11.6 Å². The van der Waals surface area contributed by atoms with Crippen LogP contribution in [0.3, 0.4) is 0 Å². The second-order valence-electron chi connectivity index (χ2n) is 10.8. The zero-order valence-electron chi connectivity index (χ0n) is 23.8. The highest BCUT2D eigenvalue weighted by molar-refractivity contribution is 7.89. The van der Waals surface area contributed by atoms with E-state index < -0.39 is 49.9 Å². The third-order valence-electron chi connectivity index (χ3n) is 7.38. The summed E-state index contributed by atoms with van der Waals surface area (Å²) in [6, 6.07) is 6.14. The normalized spacial score (nSPS) is 14.3. The first-order valence-corrected chi connectivity index (χ1v) is 14.4. The Morgan fingerprint density at radius 3 is 2.32 bits per heavy atom. The Balaban J connectivity index is 1.53. The van der Waals surface area contributed by atoms with Gasteiger partial charge in [0.15, 0.2) is 5.82 Å². The van der Waals surface area contributed by atoms with Crippen LogP contribution in [-0.2, 0) is 22.1 Å². The lowest BCUT2D eigenvalue weighted by Gasteiger charge is -2.30. The molecule has 0 unspecified atom stereocenters. The Morgan fingerprint density at radius 1 is 1.09 bits per heavy atom. The number of sulfonamides is 1. The minimum atomic E-state index is -4.42. The summed E-state index contributed by atoms with van der Waals surface area (Å²) >= 11 is 0. The molecule has 3 heterocycles. The molecule has 0 spiro atoms. The fraction of sp³-hybridized carbons (Fsp3) is 0.214. The van der Waals surface area contributed by atoms with E-state index in [1.807, 2.05) is 0 Å². The van der Waals surface area contributed by atoms with Crippen LogP contribution in [0.4, 0.5) is 20.3 Å². The van der Waals surface area contributed by atoms with Crippen LogP contribution in [-0.4, -0.2) is 64.5 Å². The third kappa shape index (κ3) is 5.07. The van der Waals surface area contributed by atoms with E-state index in [2.05, 4.69) is 15.5 Å². The minimum Gasteiger partial charge on any atom is -0.478 e. The van der Waals surface area contributed by atoms with Crippen LogP contribution in [0.1, 0.15) is 56.2 Å². The first-order valence-electron chi connectivity index (χ1n) is 13.0. The lowest BCUT2D eigenvalue weighted by Crippen LogP contribution is -2.40. The molecule has 2 aromatic heterocycles. The number of halogens is 2. The van der Waals surface area contributed by atoms with Crippen molar-refractivity contribution in [3.63, 3.8) is 0 Å². The van der Waals surface area contributed by atoms with Crippen molar-refractivity contribution in [2.24, 2.45) is 5.73 Å². The molecule has 13 nitrogen and oxygen atoms in total. The Morgan fingerprint density at radius 2 is 1.75 bits per heavy atom. The van der Waals surface area contributed by atoms with Gasteiger partial charge in [-0.25, -0.2) is 22.0 Å². The molecule has 230 valence electrons. The summed E-state index contributed by atoms with van der Waals surface area (Å²) in [6.07, 6.45) is 2.83. The van der Waals surface area contributed by atoms with E-state index in [1.54, 1.807) is 32.8 Å². The molecular formula is C28H27F2N7O6S. The van der Waals surface area contributed by atoms with Gasteiger partial charge in [0.2, 0.25) is 15.9 Å². The van der Waals surface area contributed by atoms with Crippen LogP contribution in [0.5, 0.6) is 0 Å². The third-order valence-corrected chi connectivity index (χ3v) is 9.38. The van der Waals surface area contributed by atoms with E-state index in [-0.39, 0.29) is 29.1 Å². The molecule has 1 aliphatic rings. The summed E-state index contributed by atoms with van der Waals surface area (Å²) in [5, 5.41) is 18.9. The summed E-state index contributed by atoms with van der Waals surface area (Å²) in [4.78, 5) is 38.6. The molecule has 5 rings (SSSR count). The molecule has 0 bridgehead atoms. The number of anilines is 2. The number of carbonyl (C=O) groups is 3. The van der Waals surface area contributed by atoms with Gasteiger partial charge >= 0.3 is 5.97 Å². The maximum atomic E-state index is 13.9. The number of carboxylic acids is 1. The number of carbonyl (C=O) groups excluding carboxylic acids is 2. The van der Waals surface area contributed by atoms with Gasteiger partial charge in [0.25, 0.3) is 5.91 Å². The number of nitrogens with zero attached hydrogens (tertiary/aromatic N) is 4. The molecule has 0 fully saturated rings. The van der Waals surface area contributed by atoms with E-state index in [0.29, 0.717) is 40.8 Å². The van der Waals surface area contributed by atoms with Crippen molar-refractivity contribution < 1.29 is 36.7 Å². The van der Waals surface area contributed by atoms with Gasteiger partial charge in [-0.15, -0.1) is 0 Å². The quantitative estimate of drug-likeness (QED) is 0.230. The second-order valence-corrected chi connectivity index (χ2v) is 12.7. The summed E-state index contributed by atoms with van der Waals surface area (Å²) in [5.41, 5.74) is 5.53. The number of carboxylic acid groups (broad SMARTS) is 1. The zero-order chi connectivity index (χ0) is 32.3. The molecule has 5 N–H and O–H groups in total. The fourth-order valence-electron chi connectivity index (χ4n) is 5.17. The first kappa shape index (κ1) is 30.4. The van der Waals surface area contributed by atoms with E-state index in [9.17, 15) is 36.7 Å². The fourth-order valence-corrected chi connectivity index (χ4v) is 6.93. The van der Waals surface area contributed by atoms with Gasteiger partial charge < -0.3 is 25.6 Å². The number of H-pyrrole nitrogens is 1. The Kier molecular flexibility index (Phi) is 7.29. The number of aromatic amines is 1. The number of fused-ring (bicyclic) bond motifs is 1. The highest BCUT2D eigenvalue weighted by atomic mass is 32.2. The summed E-state index contributed by atoms with van der Waals surface area (Å²) in [6.45, 7) is 2.83. The number of hydrogen-bond donors (Lipinski definition) is 4. The topological polar surface area (TPSA) is 184 Å². The molecule has 16 heteroatoms. The Bertz CT molecular complexity index is 1950. The number of nitrogens with one attached hydrogen (secondary N) is 2. The number of aromatic carboxylic acids is 1. The number of nitrogens with two attached hydrogens (primary N) is 1. The number of rotatable bonds is 8. The SMILES string of the molecule is CN(C)c1cc(C(N)=O)c(C(=O)Nc2n[nH]c3c2CN(S(=O)(=O)c2cc(F)cc(F)c2)C3(C)C)cc1-n1ccc(C(=O)O)c1. The van der Waals surface area contributed by atoms with Crippen molar-refractivity contribution >= 4 is 39.3 Å². The molecule has 1 aliphatic heterocycles. The molecule has 0 saturated carbocycles. The van der Waals surface area contributed by atoms with Gasteiger partial charge in [-0.05, 0) is 44.2 Å². The average molecular weight is 628 g/mol. The molecule has 0 aliphatic carbocycles. The Labute approximate surface area is 249 Å². The monoisotopic (exact) mass is 627 g/mol. The molecule has 4 aromatic rings. The molecule has 44 heavy (non-hydrogen) atoms. The van der Waals surface area contributed by atoms with Gasteiger partial charge in [-0.1, -0.05) is 0 Å². The summed E-state index contributed by atoms with van der Waals surface area (Å²) < 4.78 is 57.2. The number of primary amides is 1. The molecule has 0 saturated heterocycles. The second kappa shape index (κ2) is 10.6. The average Bonchev–Trinajstić information content (AvgIpc) is 3.64. The molecule has 2 aromatic carbocycles. The number of amides is 2. The van der Waals surface area contributed by atoms with Crippen molar-refractivity contribution in [1.29, 1.82) is 0 Å². The van der Waals surface area contributed by atoms with Crippen molar-refractivity contribution in [3.05, 3.63) is 88.4 Å². The van der Waals surface area contributed by atoms with E-state index in [0.717, 1.165) is 4.31 Å². The van der Waals surface area contributed by atoms with Gasteiger partial charge in [0, 0.05) is 44.7 Å². The van der Waals surface area contributed by atoms with Crippen LogP contribution >= 0.6 is 0 Å². The van der Waals surface area contributed by atoms with Crippen molar-refractivity contribution in [2.75, 3.05) is 24.3 Å².